The number of carbonyl (C=O) groups is 1. The molecule has 0 aliphatic carbocycles. The van der Waals surface area contributed by atoms with Crippen molar-refractivity contribution < 1.29 is 23.0 Å². The van der Waals surface area contributed by atoms with Crippen molar-refractivity contribution in [3.63, 3.8) is 0 Å². The molecule has 9 heteroatoms. The lowest BCUT2D eigenvalue weighted by Gasteiger charge is -2.20. The number of halogens is 2. The zero-order valence-electron chi connectivity index (χ0n) is 17.3. The number of alkyl halides is 2. The van der Waals surface area contributed by atoms with Crippen LogP contribution in [0.3, 0.4) is 0 Å². The van der Waals surface area contributed by atoms with Crippen molar-refractivity contribution in [3.8, 4) is 11.5 Å². The standard InChI is InChI=1S/C22H22F2N2O3S2/c1-14-25-16(12-30-14)13-31-20-7-5-4-6-17(20)21(27)26(2)11-15-8-9-18(29-22(23)24)19(10-15)28-3/h4-10,12,22H,11,13H2,1-3H3. The normalized spacial score (nSPS) is 10.9. The maximum Gasteiger partial charge on any atom is 0.387 e. The van der Waals surface area contributed by atoms with Gasteiger partial charge >= 0.3 is 6.61 Å². The van der Waals surface area contributed by atoms with Crippen LogP contribution < -0.4 is 9.47 Å². The van der Waals surface area contributed by atoms with E-state index in [2.05, 4.69) is 9.72 Å². The maximum absolute atomic E-state index is 13.1. The smallest absolute Gasteiger partial charge is 0.387 e. The zero-order chi connectivity index (χ0) is 22.4. The SMILES string of the molecule is COc1cc(CN(C)C(=O)c2ccccc2SCc2csc(C)n2)ccc1OC(F)F. The molecule has 3 aromatic rings. The fourth-order valence-electron chi connectivity index (χ4n) is 2.95. The average Bonchev–Trinajstić information content (AvgIpc) is 3.17. The number of benzene rings is 2. The summed E-state index contributed by atoms with van der Waals surface area (Å²) < 4.78 is 34.6. The van der Waals surface area contributed by atoms with Crippen LogP contribution in [0.2, 0.25) is 0 Å². The van der Waals surface area contributed by atoms with Crippen LogP contribution in [0.25, 0.3) is 0 Å². The number of rotatable bonds is 9. The van der Waals surface area contributed by atoms with Crippen molar-refractivity contribution in [2.45, 2.75) is 30.7 Å². The largest absolute Gasteiger partial charge is 0.493 e. The Bertz CT molecular complexity index is 1040. The lowest BCUT2D eigenvalue weighted by Crippen LogP contribution is -2.26. The van der Waals surface area contributed by atoms with Crippen molar-refractivity contribution in [1.29, 1.82) is 0 Å². The molecule has 0 N–H and O–H groups in total. The number of ether oxygens (including phenoxy) is 2. The number of thiazole rings is 1. The molecule has 2 aromatic carbocycles. The van der Waals surface area contributed by atoms with E-state index in [0.717, 1.165) is 21.2 Å². The quantitative estimate of drug-likeness (QED) is 0.385. The van der Waals surface area contributed by atoms with Crippen LogP contribution in [0.5, 0.6) is 11.5 Å². The van der Waals surface area contributed by atoms with Gasteiger partial charge in [-0.05, 0) is 36.8 Å². The van der Waals surface area contributed by atoms with E-state index in [0.29, 0.717) is 11.3 Å². The third kappa shape index (κ3) is 6.18. The summed E-state index contributed by atoms with van der Waals surface area (Å²) in [6.45, 7) is -0.688. The van der Waals surface area contributed by atoms with Crippen LogP contribution in [-0.2, 0) is 12.3 Å². The highest BCUT2D eigenvalue weighted by molar-refractivity contribution is 7.98. The van der Waals surface area contributed by atoms with Crippen molar-refractivity contribution in [2.24, 2.45) is 0 Å². The predicted molar refractivity (Wildman–Crippen MR) is 118 cm³/mol. The molecule has 0 saturated heterocycles. The predicted octanol–water partition coefficient (Wildman–Crippen LogP) is 5.63. The van der Waals surface area contributed by atoms with E-state index in [9.17, 15) is 13.6 Å². The molecule has 0 saturated carbocycles. The maximum atomic E-state index is 13.1. The first-order valence-corrected chi connectivity index (χ1v) is 11.2. The van der Waals surface area contributed by atoms with Gasteiger partial charge in [0.15, 0.2) is 11.5 Å². The van der Waals surface area contributed by atoms with Crippen molar-refractivity contribution in [2.75, 3.05) is 14.2 Å². The second kappa shape index (κ2) is 10.6. The topological polar surface area (TPSA) is 51.7 Å². The van der Waals surface area contributed by atoms with E-state index in [-0.39, 0.29) is 24.0 Å². The molecule has 31 heavy (non-hydrogen) atoms. The molecule has 1 amide bonds. The molecular weight excluding hydrogens is 442 g/mol. The van der Waals surface area contributed by atoms with Gasteiger partial charge in [0.1, 0.15) is 0 Å². The Morgan fingerprint density at radius 2 is 2.00 bits per heavy atom. The molecule has 1 aromatic heterocycles. The average molecular weight is 465 g/mol. The number of hydrogen-bond acceptors (Lipinski definition) is 6. The lowest BCUT2D eigenvalue weighted by atomic mass is 10.1. The second-order valence-electron chi connectivity index (χ2n) is 6.67. The third-order valence-electron chi connectivity index (χ3n) is 4.37. The highest BCUT2D eigenvalue weighted by Gasteiger charge is 2.18. The Hall–Kier alpha value is -2.65. The molecular formula is C22H22F2N2O3S2. The summed E-state index contributed by atoms with van der Waals surface area (Å²) in [5, 5.41) is 3.04. The van der Waals surface area contributed by atoms with E-state index >= 15 is 0 Å². The van der Waals surface area contributed by atoms with Crippen LogP contribution in [0, 0.1) is 6.92 Å². The van der Waals surface area contributed by atoms with Gasteiger partial charge in [-0.25, -0.2) is 4.98 Å². The van der Waals surface area contributed by atoms with Gasteiger partial charge in [0.05, 0.1) is 23.4 Å². The van der Waals surface area contributed by atoms with Gasteiger partial charge in [-0.3, -0.25) is 4.79 Å². The molecule has 3 rings (SSSR count). The summed E-state index contributed by atoms with van der Waals surface area (Å²) in [5.74, 6) is 0.688. The van der Waals surface area contributed by atoms with Gasteiger partial charge in [0, 0.05) is 29.6 Å². The number of hydrogen-bond donors (Lipinski definition) is 0. The molecule has 0 atom stereocenters. The van der Waals surface area contributed by atoms with Gasteiger partial charge in [0.2, 0.25) is 0 Å². The highest BCUT2D eigenvalue weighted by atomic mass is 32.2. The molecule has 0 aliphatic heterocycles. The Balaban J connectivity index is 1.71. The molecule has 164 valence electrons. The van der Waals surface area contributed by atoms with Crippen molar-refractivity contribution >= 4 is 29.0 Å². The monoisotopic (exact) mass is 464 g/mol. The van der Waals surface area contributed by atoms with Crippen LogP contribution >= 0.6 is 23.1 Å². The Morgan fingerprint density at radius 1 is 1.23 bits per heavy atom. The van der Waals surface area contributed by atoms with Gasteiger partial charge in [-0.1, -0.05) is 18.2 Å². The highest BCUT2D eigenvalue weighted by Crippen LogP contribution is 2.31. The fourth-order valence-corrected chi connectivity index (χ4v) is 4.61. The summed E-state index contributed by atoms with van der Waals surface area (Å²) in [6, 6.07) is 12.1. The van der Waals surface area contributed by atoms with Crippen LogP contribution in [-0.4, -0.2) is 36.6 Å². The number of aromatic nitrogens is 1. The van der Waals surface area contributed by atoms with E-state index in [1.54, 1.807) is 53.2 Å². The van der Waals surface area contributed by atoms with Crippen molar-refractivity contribution in [3.05, 3.63) is 69.7 Å². The van der Waals surface area contributed by atoms with Crippen LogP contribution in [0.1, 0.15) is 26.6 Å². The van der Waals surface area contributed by atoms with Gasteiger partial charge in [-0.2, -0.15) is 8.78 Å². The lowest BCUT2D eigenvalue weighted by molar-refractivity contribution is -0.0512. The molecule has 0 spiro atoms. The molecule has 0 aliphatic rings. The summed E-state index contributed by atoms with van der Waals surface area (Å²) in [4.78, 5) is 20.0. The fraction of sp³-hybridized carbons (Fsp3) is 0.273. The van der Waals surface area contributed by atoms with E-state index in [4.69, 9.17) is 4.74 Å². The second-order valence-corrected chi connectivity index (χ2v) is 8.75. The van der Waals surface area contributed by atoms with Gasteiger partial charge < -0.3 is 14.4 Å². The number of aryl methyl sites for hydroxylation is 1. The summed E-state index contributed by atoms with van der Waals surface area (Å²) in [7, 11) is 3.08. The molecule has 0 unspecified atom stereocenters. The van der Waals surface area contributed by atoms with Crippen LogP contribution in [0.15, 0.2) is 52.7 Å². The van der Waals surface area contributed by atoms with E-state index in [1.807, 2.05) is 30.5 Å². The number of methoxy groups -OCH3 is 1. The molecule has 0 bridgehead atoms. The molecule has 5 nitrogen and oxygen atoms in total. The summed E-state index contributed by atoms with van der Waals surface area (Å²) >= 11 is 3.17. The molecule has 0 radical (unpaired) electrons. The molecule has 1 heterocycles. The van der Waals surface area contributed by atoms with Crippen molar-refractivity contribution in [1.82, 2.24) is 9.88 Å². The first kappa shape index (κ1) is 23.0. The van der Waals surface area contributed by atoms with Gasteiger partial charge in [-0.15, -0.1) is 23.1 Å². The Kier molecular flexibility index (Phi) is 7.86. The molecule has 0 fully saturated rings. The Morgan fingerprint density at radius 3 is 2.68 bits per heavy atom. The minimum Gasteiger partial charge on any atom is -0.493 e. The minimum atomic E-state index is -2.94. The summed E-state index contributed by atoms with van der Waals surface area (Å²) in [5.41, 5.74) is 2.32. The first-order chi connectivity index (χ1) is 14.9. The number of nitrogens with zero attached hydrogens (tertiary/aromatic N) is 2. The number of thioether (sulfide) groups is 1. The number of amides is 1. The van der Waals surface area contributed by atoms with E-state index in [1.165, 1.54) is 13.2 Å². The summed E-state index contributed by atoms with van der Waals surface area (Å²) in [6.07, 6.45) is 0. The third-order valence-corrected chi connectivity index (χ3v) is 6.30. The number of carbonyl (C=O) groups excluding carboxylic acids is 1. The minimum absolute atomic E-state index is 0.0470. The van der Waals surface area contributed by atoms with E-state index < -0.39 is 6.61 Å². The Labute approximate surface area is 188 Å². The first-order valence-electron chi connectivity index (χ1n) is 9.37. The van der Waals surface area contributed by atoms with Gasteiger partial charge in [0.25, 0.3) is 5.91 Å². The zero-order valence-corrected chi connectivity index (χ0v) is 18.9. The van der Waals surface area contributed by atoms with Crippen LogP contribution in [0.4, 0.5) is 8.78 Å².